The van der Waals surface area contributed by atoms with Gasteiger partial charge in [0, 0.05) is 30.2 Å². The SMILES string of the molecule is Cc1oc(-c2ccc3c(c2)OCO3)nc1CCOCC#CCCCC12OCC(C)(CO1)CO2. The van der Waals surface area contributed by atoms with Crippen LogP contribution in [0.25, 0.3) is 11.5 Å². The molecule has 176 valence electrons. The fraction of sp³-hybridized carbons (Fsp3) is 0.560. The minimum atomic E-state index is -0.856. The first kappa shape index (κ1) is 22.2. The molecule has 2 aromatic rings. The van der Waals surface area contributed by atoms with Crippen LogP contribution in [-0.4, -0.2) is 50.8 Å². The van der Waals surface area contributed by atoms with E-state index in [0.717, 1.165) is 35.6 Å². The highest BCUT2D eigenvalue weighted by atomic mass is 16.9. The molecular weight excluding hydrogens is 426 g/mol. The number of aromatic nitrogens is 1. The summed E-state index contributed by atoms with van der Waals surface area (Å²) >= 11 is 0. The number of benzene rings is 1. The van der Waals surface area contributed by atoms with Crippen molar-refractivity contribution in [1.82, 2.24) is 4.98 Å². The van der Waals surface area contributed by atoms with E-state index in [9.17, 15) is 0 Å². The third-order valence-electron chi connectivity index (χ3n) is 6.00. The quantitative estimate of drug-likeness (QED) is 0.439. The topological polar surface area (TPSA) is 81.4 Å². The van der Waals surface area contributed by atoms with E-state index in [1.54, 1.807) is 0 Å². The van der Waals surface area contributed by atoms with Gasteiger partial charge in [-0.25, -0.2) is 4.98 Å². The van der Waals surface area contributed by atoms with Crippen LogP contribution in [0.15, 0.2) is 22.6 Å². The molecule has 3 saturated heterocycles. The van der Waals surface area contributed by atoms with Crippen molar-refractivity contribution in [3.8, 4) is 34.8 Å². The molecule has 0 unspecified atom stereocenters. The predicted molar refractivity (Wildman–Crippen MR) is 118 cm³/mol. The second-order valence-electron chi connectivity index (χ2n) is 8.96. The number of hydrogen-bond acceptors (Lipinski definition) is 8. The lowest BCUT2D eigenvalue weighted by atomic mass is 9.91. The Labute approximate surface area is 193 Å². The molecular formula is C25H29NO7. The van der Waals surface area contributed by atoms with Gasteiger partial charge in [0.25, 0.3) is 5.97 Å². The Kier molecular flexibility index (Phi) is 6.30. The Balaban J connectivity index is 1.01. The van der Waals surface area contributed by atoms with Gasteiger partial charge in [0.05, 0.1) is 32.1 Å². The second-order valence-corrected chi connectivity index (χ2v) is 8.96. The lowest BCUT2D eigenvalue weighted by Crippen LogP contribution is -2.58. The normalized spacial score (nSPS) is 25.2. The molecule has 4 aliphatic heterocycles. The molecule has 0 N–H and O–H groups in total. The van der Waals surface area contributed by atoms with Crippen molar-refractivity contribution >= 4 is 0 Å². The maximum absolute atomic E-state index is 5.84. The lowest BCUT2D eigenvalue weighted by Gasteiger charge is -2.50. The highest BCUT2D eigenvalue weighted by Crippen LogP contribution is 2.40. The molecule has 8 heteroatoms. The zero-order valence-electron chi connectivity index (χ0n) is 19.1. The Bertz CT molecular complexity index is 1030. The van der Waals surface area contributed by atoms with Gasteiger partial charge in [-0.3, -0.25) is 0 Å². The summed E-state index contributed by atoms with van der Waals surface area (Å²) in [6, 6.07) is 5.66. The monoisotopic (exact) mass is 455 g/mol. The Morgan fingerprint density at radius 3 is 2.67 bits per heavy atom. The first-order chi connectivity index (χ1) is 16.0. The smallest absolute Gasteiger partial charge is 0.282 e. The number of rotatable bonds is 8. The highest BCUT2D eigenvalue weighted by molar-refractivity contribution is 5.60. The van der Waals surface area contributed by atoms with Crippen molar-refractivity contribution < 1.29 is 32.8 Å². The molecule has 0 amide bonds. The molecule has 2 bridgehead atoms. The molecule has 0 radical (unpaired) electrons. The van der Waals surface area contributed by atoms with Crippen molar-refractivity contribution in [2.24, 2.45) is 5.41 Å². The number of aryl methyl sites for hydroxylation is 1. The molecule has 6 rings (SSSR count). The second kappa shape index (κ2) is 9.35. The van der Waals surface area contributed by atoms with Gasteiger partial charge in [-0.1, -0.05) is 12.8 Å². The van der Waals surface area contributed by atoms with E-state index < -0.39 is 5.97 Å². The maximum Gasteiger partial charge on any atom is 0.282 e. The van der Waals surface area contributed by atoms with Crippen molar-refractivity contribution in [2.75, 3.05) is 39.8 Å². The summed E-state index contributed by atoms with van der Waals surface area (Å²) < 4.78 is 39.6. The zero-order valence-corrected chi connectivity index (χ0v) is 19.1. The van der Waals surface area contributed by atoms with E-state index in [-0.39, 0.29) is 12.2 Å². The van der Waals surface area contributed by atoms with E-state index in [1.807, 2.05) is 25.1 Å². The van der Waals surface area contributed by atoms with Crippen LogP contribution in [0.2, 0.25) is 0 Å². The molecule has 33 heavy (non-hydrogen) atoms. The molecule has 0 atom stereocenters. The zero-order chi connectivity index (χ0) is 22.7. The molecule has 3 fully saturated rings. The number of fused-ring (bicyclic) bond motifs is 4. The van der Waals surface area contributed by atoms with E-state index in [1.165, 1.54) is 0 Å². The van der Waals surface area contributed by atoms with Crippen molar-refractivity contribution in [1.29, 1.82) is 0 Å². The third-order valence-corrected chi connectivity index (χ3v) is 6.00. The molecule has 8 nitrogen and oxygen atoms in total. The molecule has 1 aromatic carbocycles. The Hall–Kier alpha value is -2.57. The van der Waals surface area contributed by atoms with Crippen LogP contribution in [-0.2, 0) is 25.4 Å². The van der Waals surface area contributed by atoms with Crippen molar-refractivity contribution in [3.63, 3.8) is 0 Å². The average Bonchev–Trinajstić information content (AvgIpc) is 3.45. The van der Waals surface area contributed by atoms with Crippen LogP contribution in [0, 0.1) is 24.2 Å². The molecule has 5 heterocycles. The van der Waals surface area contributed by atoms with E-state index in [0.29, 0.717) is 57.5 Å². The summed E-state index contributed by atoms with van der Waals surface area (Å²) in [5.41, 5.74) is 1.74. The molecule has 1 aromatic heterocycles. The molecule has 4 aliphatic rings. The molecule has 0 saturated carbocycles. The number of oxazole rings is 1. The van der Waals surface area contributed by atoms with Gasteiger partial charge < -0.3 is 32.8 Å². The Morgan fingerprint density at radius 1 is 1.06 bits per heavy atom. The predicted octanol–water partition coefficient (Wildman–Crippen LogP) is 3.85. The van der Waals surface area contributed by atoms with Crippen LogP contribution in [0.1, 0.15) is 37.6 Å². The van der Waals surface area contributed by atoms with E-state index in [2.05, 4.69) is 23.7 Å². The first-order valence-corrected chi connectivity index (χ1v) is 11.4. The summed E-state index contributed by atoms with van der Waals surface area (Å²) in [5, 5.41) is 0. The summed E-state index contributed by atoms with van der Waals surface area (Å²) in [7, 11) is 0. The maximum atomic E-state index is 5.84. The van der Waals surface area contributed by atoms with Crippen LogP contribution in [0.5, 0.6) is 11.5 Å². The Morgan fingerprint density at radius 2 is 1.85 bits per heavy atom. The number of hydrogen-bond donors (Lipinski definition) is 0. The van der Waals surface area contributed by atoms with Crippen LogP contribution >= 0.6 is 0 Å². The van der Waals surface area contributed by atoms with E-state index in [4.69, 9.17) is 32.8 Å². The average molecular weight is 456 g/mol. The van der Waals surface area contributed by atoms with Crippen LogP contribution in [0.4, 0.5) is 0 Å². The number of ether oxygens (including phenoxy) is 6. The fourth-order valence-corrected chi connectivity index (χ4v) is 3.96. The van der Waals surface area contributed by atoms with Gasteiger partial charge >= 0.3 is 0 Å². The van der Waals surface area contributed by atoms with Gasteiger partial charge in [0.2, 0.25) is 12.7 Å². The van der Waals surface area contributed by atoms with Gasteiger partial charge in [-0.15, -0.1) is 5.92 Å². The van der Waals surface area contributed by atoms with Gasteiger partial charge in [-0.05, 0) is 31.5 Å². The lowest BCUT2D eigenvalue weighted by molar-refractivity contribution is -0.467. The minimum Gasteiger partial charge on any atom is -0.454 e. The standard InChI is InChI=1S/C25H29NO7/c1-18-20(26-23(33-18)19-7-8-21-22(13-19)29-17-28-21)9-12-27-11-6-4-3-5-10-25-30-14-24(2,15-31-25)16-32-25/h7-8,13H,3,5,9-12,14-17H2,1-2H3. The fourth-order valence-electron chi connectivity index (χ4n) is 3.96. The van der Waals surface area contributed by atoms with Gasteiger partial charge in [-0.2, -0.15) is 0 Å². The largest absolute Gasteiger partial charge is 0.454 e. The summed E-state index contributed by atoms with van der Waals surface area (Å²) in [4.78, 5) is 4.62. The third kappa shape index (κ3) is 5.02. The summed E-state index contributed by atoms with van der Waals surface area (Å²) in [5.74, 6) is 8.15. The van der Waals surface area contributed by atoms with Gasteiger partial charge in [0.1, 0.15) is 12.4 Å². The van der Waals surface area contributed by atoms with Gasteiger partial charge in [0.15, 0.2) is 11.5 Å². The van der Waals surface area contributed by atoms with Crippen LogP contribution < -0.4 is 9.47 Å². The number of unbranched alkanes of at least 4 members (excludes halogenated alkanes) is 1. The van der Waals surface area contributed by atoms with Crippen molar-refractivity contribution in [2.45, 2.75) is 45.5 Å². The summed E-state index contributed by atoms with van der Waals surface area (Å²) in [6.45, 7) is 7.25. The molecule has 0 spiro atoms. The summed E-state index contributed by atoms with van der Waals surface area (Å²) in [6.07, 6.45) is 2.95. The van der Waals surface area contributed by atoms with Crippen molar-refractivity contribution in [3.05, 3.63) is 29.7 Å². The first-order valence-electron chi connectivity index (χ1n) is 11.4. The highest BCUT2D eigenvalue weighted by Gasteiger charge is 2.49. The van der Waals surface area contributed by atoms with E-state index >= 15 is 0 Å². The minimum absolute atomic E-state index is 0.00306. The van der Waals surface area contributed by atoms with Crippen LogP contribution in [0.3, 0.4) is 0 Å². The molecule has 0 aliphatic carbocycles. The number of nitrogens with zero attached hydrogens (tertiary/aromatic N) is 1.